The van der Waals surface area contributed by atoms with Gasteiger partial charge >= 0.3 is 0 Å². The van der Waals surface area contributed by atoms with Crippen LogP contribution in [0.2, 0.25) is 0 Å². The van der Waals surface area contributed by atoms with Gasteiger partial charge < -0.3 is 5.73 Å². The first-order valence-corrected chi connectivity index (χ1v) is 7.48. The molecule has 1 unspecified atom stereocenters. The Morgan fingerprint density at radius 1 is 1.47 bits per heavy atom. The maximum Gasteiger partial charge on any atom is 0.211 e. The largest absolute Gasteiger partial charge is 0.325 e. The van der Waals surface area contributed by atoms with Gasteiger partial charge in [0.15, 0.2) is 0 Å². The molecule has 0 amide bonds. The molecule has 2 fully saturated rings. The third kappa shape index (κ3) is 2.92. The molecule has 88 valence electrons. The van der Waals surface area contributed by atoms with Gasteiger partial charge in [-0.3, -0.25) is 0 Å². The van der Waals surface area contributed by atoms with E-state index in [0.717, 1.165) is 32.1 Å². The fourth-order valence-electron chi connectivity index (χ4n) is 2.43. The summed E-state index contributed by atoms with van der Waals surface area (Å²) < 4.78 is 24.4. The maximum atomic E-state index is 11.4. The predicted octanol–water partition coefficient (Wildman–Crippen LogP) is 0.539. The van der Waals surface area contributed by atoms with Gasteiger partial charge in [0.05, 0.1) is 6.26 Å². The lowest BCUT2D eigenvalue weighted by atomic mass is 9.91. The average molecular weight is 232 g/mol. The van der Waals surface area contributed by atoms with Crippen molar-refractivity contribution in [1.82, 2.24) is 4.31 Å². The Morgan fingerprint density at radius 2 is 2.13 bits per heavy atom. The fraction of sp³-hybridized carbons (Fsp3) is 1.00. The van der Waals surface area contributed by atoms with Crippen LogP contribution in [0.4, 0.5) is 0 Å². The van der Waals surface area contributed by atoms with E-state index in [9.17, 15) is 8.42 Å². The van der Waals surface area contributed by atoms with Gasteiger partial charge in [-0.05, 0) is 38.0 Å². The summed E-state index contributed by atoms with van der Waals surface area (Å²) in [6.07, 6.45) is 6.63. The zero-order valence-corrected chi connectivity index (χ0v) is 10.1. The Bertz CT molecular complexity index is 335. The highest BCUT2D eigenvalue weighted by molar-refractivity contribution is 7.88. The monoisotopic (exact) mass is 232 g/mol. The van der Waals surface area contributed by atoms with Crippen molar-refractivity contribution in [2.24, 2.45) is 11.7 Å². The Balaban J connectivity index is 1.92. The second kappa shape index (κ2) is 3.71. The Labute approximate surface area is 91.9 Å². The smallest absolute Gasteiger partial charge is 0.211 e. The van der Waals surface area contributed by atoms with Gasteiger partial charge in [0, 0.05) is 18.6 Å². The highest BCUT2D eigenvalue weighted by Crippen LogP contribution is 2.40. The molecule has 0 aromatic carbocycles. The molecule has 1 aliphatic heterocycles. The molecule has 0 aromatic heterocycles. The molecule has 5 heteroatoms. The van der Waals surface area contributed by atoms with E-state index in [4.69, 9.17) is 5.73 Å². The summed E-state index contributed by atoms with van der Waals surface area (Å²) in [7, 11) is -3.00. The summed E-state index contributed by atoms with van der Waals surface area (Å²) in [5.74, 6) is 0.473. The Kier molecular flexibility index (Phi) is 2.81. The van der Waals surface area contributed by atoms with Crippen LogP contribution in [0.3, 0.4) is 0 Å². The summed E-state index contributed by atoms with van der Waals surface area (Å²) in [5.41, 5.74) is 6.11. The Morgan fingerprint density at radius 3 is 2.67 bits per heavy atom. The van der Waals surface area contributed by atoms with Crippen molar-refractivity contribution in [3.05, 3.63) is 0 Å². The molecule has 0 radical (unpaired) electrons. The second-order valence-corrected chi connectivity index (χ2v) is 7.18. The van der Waals surface area contributed by atoms with Crippen molar-refractivity contribution in [3.63, 3.8) is 0 Å². The van der Waals surface area contributed by atoms with E-state index in [1.165, 1.54) is 6.26 Å². The molecule has 0 aromatic rings. The van der Waals surface area contributed by atoms with Crippen molar-refractivity contribution in [2.75, 3.05) is 19.3 Å². The van der Waals surface area contributed by atoms with Gasteiger partial charge in [-0.25, -0.2) is 12.7 Å². The van der Waals surface area contributed by atoms with Gasteiger partial charge in [-0.1, -0.05) is 0 Å². The number of nitrogens with two attached hydrogens (primary N) is 1. The van der Waals surface area contributed by atoms with E-state index in [1.807, 2.05) is 0 Å². The molecule has 1 atom stereocenters. The van der Waals surface area contributed by atoms with Crippen LogP contribution in [0.15, 0.2) is 0 Å². The second-order valence-electron chi connectivity index (χ2n) is 5.20. The van der Waals surface area contributed by atoms with E-state index >= 15 is 0 Å². The minimum absolute atomic E-state index is 0.0468. The van der Waals surface area contributed by atoms with Gasteiger partial charge in [-0.15, -0.1) is 0 Å². The summed E-state index contributed by atoms with van der Waals surface area (Å²) in [4.78, 5) is 0. The lowest BCUT2D eigenvalue weighted by Gasteiger charge is -2.32. The van der Waals surface area contributed by atoms with E-state index in [1.54, 1.807) is 4.31 Å². The lowest BCUT2D eigenvalue weighted by Crippen LogP contribution is -2.41. The standard InChI is InChI=1S/C10H20N2O2S/c1-15(13,14)12-6-2-3-9(8-12)7-10(11)4-5-10/h9H,2-8,11H2,1H3. The molecule has 0 bridgehead atoms. The van der Waals surface area contributed by atoms with Crippen LogP contribution in [0.25, 0.3) is 0 Å². The summed E-state index contributed by atoms with van der Waals surface area (Å²) in [5, 5.41) is 0. The zero-order chi connectivity index (χ0) is 11.1. The fourth-order valence-corrected chi connectivity index (χ4v) is 3.38. The van der Waals surface area contributed by atoms with Gasteiger partial charge in [-0.2, -0.15) is 0 Å². The van der Waals surface area contributed by atoms with Crippen LogP contribution in [0, 0.1) is 5.92 Å². The molecule has 1 heterocycles. The molecule has 15 heavy (non-hydrogen) atoms. The van der Waals surface area contributed by atoms with E-state index < -0.39 is 10.0 Å². The first-order chi connectivity index (χ1) is 6.89. The highest BCUT2D eigenvalue weighted by Gasteiger charge is 2.41. The minimum atomic E-state index is -3.00. The third-order valence-electron chi connectivity index (χ3n) is 3.54. The lowest BCUT2D eigenvalue weighted by molar-refractivity contribution is 0.243. The number of rotatable bonds is 3. The number of piperidine rings is 1. The number of hydrogen-bond acceptors (Lipinski definition) is 3. The van der Waals surface area contributed by atoms with Crippen LogP contribution in [-0.2, 0) is 10.0 Å². The third-order valence-corrected chi connectivity index (χ3v) is 4.81. The van der Waals surface area contributed by atoms with E-state index in [-0.39, 0.29) is 5.54 Å². The van der Waals surface area contributed by atoms with Crippen LogP contribution in [0.1, 0.15) is 32.1 Å². The molecule has 2 N–H and O–H groups in total. The van der Waals surface area contributed by atoms with Crippen molar-refractivity contribution in [3.8, 4) is 0 Å². The van der Waals surface area contributed by atoms with Crippen LogP contribution >= 0.6 is 0 Å². The van der Waals surface area contributed by atoms with Gasteiger partial charge in [0.1, 0.15) is 0 Å². The van der Waals surface area contributed by atoms with Gasteiger partial charge in [0.2, 0.25) is 10.0 Å². The summed E-state index contributed by atoms with van der Waals surface area (Å²) >= 11 is 0. The summed E-state index contributed by atoms with van der Waals surface area (Å²) in [6.45, 7) is 1.37. The van der Waals surface area contributed by atoms with Crippen LogP contribution in [-0.4, -0.2) is 37.6 Å². The number of nitrogens with zero attached hydrogens (tertiary/aromatic N) is 1. The normalized spacial score (nSPS) is 31.5. The van der Waals surface area contributed by atoms with Gasteiger partial charge in [0.25, 0.3) is 0 Å². The van der Waals surface area contributed by atoms with Crippen molar-refractivity contribution in [2.45, 2.75) is 37.6 Å². The number of sulfonamides is 1. The molecule has 0 spiro atoms. The SMILES string of the molecule is CS(=O)(=O)N1CCCC(CC2(N)CC2)C1. The van der Waals surface area contributed by atoms with Crippen molar-refractivity contribution >= 4 is 10.0 Å². The highest BCUT2D eigenvalue weighted by atomic mass is 32.2. The van der Waals surface area contributed by atoms with Crippen LogP contribution < -0.4 is 5.73 Å². The number of hydrogen-bond donors (Lipinski definition) is 1. The summed E-state index contributed by atoms with van der Waals surface area (Å²) in [6, 6.07) is 0. The predicted molar refractivity (Wildman–Crippen MR) is 59.9 cm³/mol. The first kappa shape index (κ1) is 11.4. The van der Waals surface area contributed by atoms with Crippen molar-refractivity contribution in [1.29, 1.82) is 0 Å². The van der Waals surface area contributed by atoms with E-state index in [2.05, 4.69) is 0 Å². The first-order valence-electron chi connectivity index (χ1n) is 5.63. The average Bonchev–Trinajstić information content (AvgIpc) is 2.82. The van der Waals surface area contributed by atoms with E-state index in [0.29, 0.717) is 19.0 Å². The molecule has 1 saturated carbocycles. The molecular formula is C10H20N2O2S. The Hall–Kier alpha value is -0.130. The molecular weight excluding hydrogens is 212 g/mol. The van der Waals surface area contributed by atoms with Crippen LogP contribution in [0.5, 0.6) is 0 Å². The minimum Gasteiger partial charge on any atom is -0.325 e. The molecule has 1 saturated heterocycles. The molecule has 2 rings (SSSR count). The molecule has 1 aliphatic carbocycles. The quantitative estimate of drug-likeness (QED) is 0.772. The maximum absolute atomic E-state index is 11.4. The van der Waals surface area contributed by atoms with Crippen molar-refractivity contribution < 1.29 is 8.42 Å². The molecule has 2 aliphatic rings. The zero-order valence-electron chi connectivity index (χ0n) is 9.28. The topological polar surface area (TPSA) is 63.4 Å². The molecule has 4 nitrogen and oxygen atoms in total.